The van der Waals surface area contributed by atoms with Crippen LogP contribution in [-0.2, 0) is 37.5 Å². The predicted molar refractivity (Wildman–Crippen MR) is 263 cm³/mol. The summed E-state index contributed by atoms with van der Waals surface area (Å²) in [6.07, 6.45) is 56.7. The van der Waals surface area contributed by atoms with Crippen molar-refractivity contribution in [1.82, 2.24) is 0 Å². The summed E-state index contributed by atoms with van der Waals surface area (Å²) in [5.41, 5.74) is 5.35. The third-order valence-corrected chi connectivity index (χ3v) is 11.4. The number of esters is 2. The molecule has 0 aliphatic rings. The largest absolute Gasteiger partial charge is 0.480 e. The molecule has 0 aliphatic heterocycles. The molecule has 0 bridgehead atoms. The molecule has 0 heterocycles. The van der Waals surface area contributed by atoms with Gasteiger partial charge in [-0.2, -0.15) is 0 Å². The number of nitrogens with two attached hydrogens (primary N) is 1. The fraction of sp³-hybridized carbons (Fsp3) is 0.712. The molecular formula is C52H90NO10P. The number of hydrogen-bond donors (Lipinski definition) is 3. The van der Waals surface area contributed by atoms with Crippen molar-refractivity contribution in [2.75, 3.05) is 19.8 Å². The minimum atomic E-state index is -4.73. The maximum absolute atomic E-state index is 12.7. The molecule has 0 radical (unpaired) electrons. The zero-order valence-electron chi connectivity index (χ0n) is 40.1. The Balaban J connectivity index is 4.28. The maximum Gasteiger partial charge on any atom is 0.472 e. The van der Waals surface area contributed by atoms with Crippen molar-refractivity contribution in [1.29, 1.82) is 0 Å². The van der Waals surface area contributed by atoms with E-state index in [-0.39, 0.29) is 19.4 Å². The number of carbonyl (C=O) groups excluding carboxylic acids is 2. The van der Waals surface area contributed by atoms with Crippen molar-refractivity contribution < 1.29 is 47.5 Å². The lowest BCUT2D eigenvalue weighted by atomic mass is 10.0. The Morgan fingerprint density at radius 2 is 0.875 bits per heavy atom. The molecule has 0 rings (SSSR count). The number of unbranched alkanes of at least 4 members (excludes halogenated alkanes) is 20. The summed E-state index contributed by atoms with van der Waals surface area (Å²) < 4.78 is 32.8. The van der Waals surface area contributed by atoms with Crippen LogP contribution in [0.1, 0.15) is 206 Å². The van der Waals surface area contributed by atoms with Crippen LogP contribution in [0.5, 0.6) is 0 Å². The van der Waals surface area contributed by atoms with Crippen LogP contribution in [0, 0.1) is 0 Å². The number of phosphoric ester groups is 1. The standard InChI is InChI=1S/C52H90NO10P/c1-3-5-7-9-11-13-15-17-19-21-22-23-24-25-26-28-30-32-34-36-38-40-42-44-51(55)63-48(46-61-64(58,59)62-47-49(53)52(56)57)45-60-50(54)43-41-39-37-35-33-31-29-27-20-18-16-14-12-10-8-6-4-2/h5,7,11-14,17-20,22-23,48-49H,3-4,6,8-10,15-16,21,24-47,53H2,1-2H3,(H,56,57)(H,58,59)/b7-5-,13-11-,14-12-,19-17-,20-18-,23-22-. The van der Waals surface area contributed by atoms with Gasteiger partial charge in [0.15, 0.2) is 6.10 Å². The molecule has 0 saturated heterocycles. The Morgan fingerprint density at radius 1 is 0.500 bits per heavy atom. The summed E-state index contributed by atoms with van der Waals surface area (Å²) in [5.74, 6) is -2.40. The van der Waals surface area contributed by atoms with Crippen molar-refractivity contribution in [2.45, 2.75) is 219 Å². The molecule has 0 aromatic carbocycles. The van der Waals surface area contributed by atoms with Crippen LogP contribution < -0.4 is 5.73 Å². The van der Waals surface area contributed by atoms with Gasteiger partial charge in [-0.05, 0) is 83.5 Å². The normalized spacial score (nSPS) is 14.2. The quantitative estimate of drug-likeness (QED) is 0.0230. The summed E-state index contributed by atoms with van der Waals surface area (Å²) in [6.45, 7) is 2.67. The number of ether oxygens (including phenoxy) is 2. The topological polar surface area (TPSA) is 172 Å². The van der Waals surface area contributed by atoms with Crippen molar-refractivity contribution in [3.05, 3.63) is 72.9 Å². The third-order valence-electron chi connectivity index (χ3n) is 10.4. The molecule has 0 aromatic rings. The molecule has 0 fully saturated rings. The number of phosphoric acid groups is 1. The monoisotopic (exact) mass is 920 g/mol. The molecule has 12 heteroatoms. The SMILES string of the molecule is CC/C=C\C/C=C\C/C=C\C/C=C\CCCCCCCCCCCCC(=O)OC(COC(=O)CCCCCCCCC/C=C\C/C=C\CCCCC)COP(=O)(O)OCC(N)C(=O)O. The van der Waals surface area contributed by atoms with Gasteiger partial charge in [0.05, 0.1) is 13.2 Å². The van der Waals surface area contributed by atoms with E-state index in [0.717, 1.165) is 89.9 Å². The molecular weight excluding hydrogens is 830 g/mol. The van der Waals surface area contributed by atoms with Gasteiger partial charge in [0.2, 0.25) is 0 Å². The Labute approximate surface area is 389 Å². The highest BCUT2D eigenvalue weighted by molar-refractivity contribution is 7.47. The lowest BCUT2D eigenvalue weighted by molar-refractivity contribution is -0.161. The van der Waals surface area contributed by atoms with Crippen molar-refractivity contribution in [3.63, 3.8) is 0 Å². The fourth-order valence-corrected chi connectivity index (χ4v) is 7.34. The second kappa shape index (κ2) is 46.4. The molecule has 368 valence electrons. The lowest BCUT2D eigenvalue weighted by Gasteiger charge is -2.20. The van der Waals surface area contributed by atoms with Crippen LogP contribution in [0.2, 0.25) is 0 Å². The number of rotatable bonds is 46. The van der Waals surface area contributed by atoms with Gasteiger partial charge in [-0.1, -0.05) is 183 Å². The van der Waals surface area contributed by atoms with Gasteiger partial charge in [-0.15, -0.1) is 0 Å². The fourth-order valence-electron chi connectivity index (χ4n) is 6.56. The smallest absolute Gasteiger partial charge is 0.472 e. The van der Waals surface area contributed by atoms with Crippen molar-refractivity contribution >= 4 is 25.7 Å². The summed E-state index contributed by atoms with van der Waals surface area (Å²) in [5, 5.41) is 8.92. The molecule has 0 saturated carbocycles. The van der Waals surface area contributed by atoms with Gasteiger partial charge < -0.3 is 25.2 Å². The lowest BCUT2D eigenvalue weighted by Crippen LogP contribution is -2.34. The summed E-state index contributed by atoms with van der Waals surface area (Å²) in [6, 6.07) is -1.53. The highest BCUT2D eigenvalue weighted by Crippen LogP contribution is 2.43. The Kier molecular flexibility index (Phi) is 44.2. The van der Waals surface area contributed by atoms with E-state index < -0.39 is 51.1 Å². The number of aliphatic carboxylic acids is 1. The number of carboxylic acid groups (broad SMARTS) is 1. The van der Waals surface area contributed by atoms with E-state index in [1.807, 2.05) is 0 Å². The van der Waals surface area contributed by atoms with Crippen LogP contribution in [0.4, 0.5) is 0 Å². The molecule has 11 nitrogen and oxygen atoms in total. The van der Waals surface area contributed by atoms with Gasteiger partial charge in [0, 0.05) is 12.8 Å². The first-order valence-corrected chi connectivity index (χ1v) is 26.5. The second-order valence-electron chi connectivity index (χ2n) is 16.6. The highest BCUT2D eigenvalue weighted by atomic mass is 31.2. The molecule has 0 spiro atoms. The first-order valence-electron chi connectivity index (χ1n) is 25.0. The molecule has 3 unspecified atom stereocenters. The molecule has 3 atom stereocenters. The van der Waals surface area contributed by atoms with E-state index >= 15 is 0 Å². The van der Waals surface area contributed by atoms with E-state index in [1.165, 1.54) is 77.0 Å². The van der Waals surface area contributed by atoms with Crippen molar-refractivity contribution in [3.8, 4) is 0 Å². The molecule has 0 amide bonds. The van der Waals surface area contributed by atoms with Crippen LogP contribution in [0.3, 0.4) is 0 Å². The van der Waals surface area contributed by atoms with Crippen LogP contribution in [0.15, 0.2) is 72.9 Å². The zero-order valence-corrected chi connectivity index (χ0v) is 41.0. The minimum Gasteiger partial charge on any atom is -0.480 e. The number of hydrogen-bond acceptors (Lipinski definition) is 9. The van der Waals surface area contributed by atoms with Gasteiger partial charge in [0.1, 0.15) is 12.6 Å². The molecule has 64 heavy (non-hydrogen) atoms. The van der Waals surface area contributed by atoms with Crippen LogP contribution in [0.25, 0.3) is 0 Å². The van der Waals surface area contributed by atoms with E-state index in [1.54, 1.807) is 0 Å². The number of allylic oxidation sites excluding steroid dienone is 12. The zero-order chi connectivity index (χ0) is 47.0. The number of carboxylic acids is 1. The van der Waals surface area contributed by atoms with E-state index in [4.69, 9.17) is 24.8 Å². The van der Waals surface area contributed by atoms with Crippen LogP contribution >= 0.6 is 7.82 Å². The van der Waals surface area contributed by atoms with Crippen LogP contribution in [-0.4, -0.2) is 59.9 Å². The van der Waals surface area contributed by atoms with Gasteiger partial charge in [-0.3, -0.25) is 23.4 Å². The Morgan fingerprint density at radius 3 is 1.31 bits per heavy atom. The first-order chi connectivity index (χ1) is 31.1. The third kappa shape index (κ3) is 45.5. The summed E-state index contributed by atoms with van der Waals surface area (Å²) in [7, 11) is -4.73. The first kappa shape index (κ1) is 60.9. The van der Waals surface area contributed by atoms with Gasteiger partial charge >= 0.3 is 25.7 Å². The summed E-state index contributed by atoms with van der Waals surface area (Å²) in [4.78, 5) is 46.2. The minimum absolute atomic E-state index is 0.151. The Bertz CT molecular complexity index is 1360. The molecule has 0 aromatic heterocycles. The van der Waals surface area contributed by atoms with Crippen molar-refractivity contribution in [2.24, 2.45) is 5.73 Å². The predicted octanol–water partition coefficient (Wildman–Crippen LogP) is 14.1. The van der Waals surface area contributed by atoms with Gasteiger partial charge in [-0.25, -0.2) is 4.57 Å². The van der Waals surface area contributed by atoms with E-state index in [9.17, 15) is 23.8 Å². The Hall–Kier alpha value is -3.08. The highest BCUT2D eigenvalue weighted by Gasteiger charge is 2.28. The number of carbonyl (C=O) groups is 3. The summed E-state index contributed by atoms with van der Waals surface area (Å²) >= 11 is 0. The molecule has 0 aliphatic carbocycles. The van der Waals surface area contributed by atoms with E-state index in [0.29, 0.717) is 12.8 Å². The average Bonchev–Trinajstić information content (AvgIpc) is 3.27. The average molecular weight is 920 g/mol. The second-order valence-corrected chi connectivity index (χ2v) is 18.0. The van der Waals surface area contributed by atoms with Gasteiger partial charge in [0.25, 0.3) is 0 Å². The molecule has 4 N–H and O–H groups in total. The van der Waals surface area contributed by atoms with E-state index in [2.05, 4.69) is 91.3 Å². The maximum atomic E-state index is 12.7.